The Hall–Kier alpha value is -4.06. The van der Waals surface area contributed by atoms with Crippen molar-refractivity contribution in [3.63, 3.8) is 0 Å². The minimum Gasteiger partial charge on any atom is -0.438 e. The van der Waals surface area contributed by atoms with E-state index in [0.29, 0.717) is 17.2 Å². The van der Waals surface area contributed by atoms with Gasteiger partial charge in [0.25, 0.3) is 5.91 Å². The zero-order chi connectivity index (χ0) is 20.8. The molecular weight excluding hydrogens is 376 g/mol. The summed E-state index contributed by atoms with van der Waals surface area (Å²) in [5.74, 6) is 1.47. The van der Waals surface area contributed by atoms with Crippen LogP contribution in [0.25, 0.3) is 11.3 Å². The Balaban J connectivity index is 1.58. The van der Waals surface area contributed by atoms with Crippen molar-refractivity contribution in [3.8, 4) is 22.9 Å². The Morgan fingerprint density at radius 1 is 0.933 bits per heavy atom. The molecule has 0 aliphatic heterocycles. The van der Waals surface area contributed by atoms with Gasteiger partial charge in [0.2, 0.25) is 5.88 Å². The molecule has 0 aliphatic rings. The molecule has 0 aliphatic carbocycles. The number of benzene rings is 2. The average Bonchev–Trinajstić information content (AvgIpc) is 2.80. The van der Waals surface area contributed by atoms with Crippen LogP contribution in [0, 0.1) is 0 Å². The summed E-state index contributed by atoms with van der Waals surface area (Å²) in [6, 6.07) is 21.9. The first kappa shape index (κ1) is 19.3. The van der Waals surface area contributed by atoms with Gasteiger partial charge in [-0.3, -0.25) is 4.79 Å². The summed E-state index contributed by atoms with van der Waals surface area (Å²) < 4.78 is 6.03. The van der Waals surface area contributed by atoms with E-state index in [1.807, 2.05) is 55.5 Å². The van der Waals surface area contributed by atoms with E-state index in [9.17, 15) is 4.79 Å². The summed E-state index contributed by atoms with van der Waals surface area (Å²) in [6.45, 7) is 2.01. The van der Waals surface area contributed by atoms with Crippen LogP contribution in [0.15, 0.2) is 85.2 Å². The minimum absolute atomic E-state index is 0.212. The molecular formula is C24H20N4O2. The van der Waals surface area contributed by atoms with Crippen molar-refractivity contribution < 1.29 is 9.53 Å². The van der Waals surface area contributed by atoms with Gasteiger partial charge in [-0.15, -0.1) is 0 Å². The van der Waals surface area contributed by atoms with E-state index in [4.69, 9.17) is 4.74 Å². The molecule has 0 saturated carbocycles. The van der Waals surface area contributed by atoms with Gasteiger partial charge in [-0.25, -0.2) is 15.0 Å². The van der Waals surface area contributed by atoms with Crippen LogP contribution < -0.4 is 10.1 Å². The van der Waals surface area contributed by atoms with Gasteiger partial charge in [-0.1, -0.05) is 31.2 Å². The largest absolute Gasteiger partial charge is 0.438 e. The number of para-hydroxylation sites is 1. The molecule has 148 valence electrons. The fourth-order valence-corrected chi connectivity index (χ4v) is 2.92. The minimum atomic E-state index is -0.212. The van der Waals surface area contributed by atoms with Crippen LogP contribution in [0.1, 0.15) is 23.1 Å². The number of carbonyl (C=O) groups excluding carboxylic acids is 1. The molecule has 0 fully saturated rings. The molecule has 0 atom stereocenters. The second-order valence-electron chi connectivity index (χ2n) is 6.52. The number of nitrogens with one attached hydrogen (secondary N) is 1. The Labute approximate surface area is 174 Å². The van der Waals surface area contributed by atoms with Crippen LogP contribution in [0.4, 0.5) is 5.69 Å². The van der Waals surface area contributed by atoms with Crippen molar-refractivity contribution in [1.29, 1.82) is 0 Å². The van der Waals surface area contributed by atoms with E-state index >= 15 is 0 Å². The molecule has 0 unspecified atom stereocenters. The third-order valence-electron chi connectivity index (χ3n) is 4.41. The normalized spacial score (nSPS) is 10.4. The second kappa shape index (κ2) is 8.96. The lowest BCUT2D eigenvalue weighted by Gasteiger charge is -2.11. The number of carbonyl (C=O) groups is 1. The number of hydrogen-bond donors (Lipinski definition) is 1. The molecule has 0 bridgehead atoms. The maximum Gasteiger partial charge on any atom is 0.255 e. The van der Waals surface area contributed by atoms with Gasteiger partial charge in [0, 0.05) is 30.1 Å². The lowest BCUT2D eigenvalue weighted by molar-refractivity contribution is 0.102. The summed E-state index contributed by atoms with van der Waals surface area (Å²) in [4.78, 5) is 25.8. The molecule has 6 nitrogen and oxygen atoms in total. The quantitative estimate of drug-likeness (QED) is 0.488. The fourth-order valence-electron chi connectivity index (χ4n) is 2.92. The maximum atomic E-state index is 12.6. The van der Waals surface area contributed by atoms with Crippen molar-refractivity contribution in [2.45, 2.75) is 13.3 Å². The van der Waals surface area contributed by atoms with E-state index in [-0.39, 0.29) is 5.91 Å². The number of hydrogen-bond acceptors (Lipinski definition) is 5. The second-order valence-corrected chi connectivity index (χ2v) is 6.52. The van der Waals surface area contributed by atoms with Crippen LogP contribution in [0.3, 0.4) is 0 Å². The Morgan fingerprint density at radius 3 is 2.63 bits per heavy atom. The highest BCUT2D eigenvalue weighted by atomic mass is 16.5. The zero-order valence-corrected chi connectivity index (χ0v) is 16.4. The molecule has 1 N–H and O–H groups in total. The third-order valence-corrected chi connectivity index (χ3v) is 4.41. The molecule has 2 aromatic heterocycles. The summed E-state index contributed by atoms with van der Waals surface area (Å²) in [5, 5.41) is 2.87. The Morgan fingerprint density at radius 2 is 1.80 bits per heavy atom. The predicted octanol–water partition coefficient (Wildman–Crippen LogP) is 5.15. The number of aryl methyl sites for hydroxylation is 1. The van der Waals surface area contributed by atoms with Gasteiger partial charge in [0.1, 0.15) is 11.6 Å². The number of nitrogens with zero attached hydrogens (tertiary/aromatic N) is 3. The average molecular weight is 396 g/mol. The molecule has 0 radical (unpaired) electrons. The van der Waals surface area contributed by atoms with Crippen LogP contribution >= 0.6 is 0 Å². The first-order chi connectivity index (χ1) is 14.7. The molecule has 4 rings (SSSR count). The van der Waals surface area contributed by atoms with Crippen molar-refractivity contribution in [1.82, 2.24) is 15.0 Å². The van der Waals surface area contributed by atoms with Gasteiger partial charge < -0.3 is 10.1 Å². The summed E-state index contributed by atoms with van der Waals surface area (Å²) in [6.07, 6.45) is 4.13. The SMILES string of the molecule is CCc1nccc(-c2cccnc2Oc2cccc(C(=O)Nc3ccccc3)c2)n1. The summed E-state index contributed by atoms with van der Waals surface area (Å²) >= 11 is 0. The lowest BCUT2D eigenvalue weighted by atomic mass is 10.1. The maximum absolute atomic E-state index is 12.6. The number of amides is 1. The molecule has 1 amide bonds. The van der Waals surface area contributed by atoms with Crippen LogP contribution in [0.2, 0.25) is 0 Å². The molecule has 0 saturated heterocycles. The fraction of sp³-hybridized carbons (Fsp3) is 0.0833. The Kier molecular flexibility index (Phi) is 5.75. The molecule has 2 heterocycles. The monoisotopic (exact) mass is 396 g/mol. The highest BCUT2D eigenvalue weighted by Gasteiger charge is 2.12. The van der Waals surface area contributed by atoms with Gasteiger partial charge in [-0.2, -0.15) is 0 Å². The van der Waals surface area contributed by atoms with Crippen LogP contribution in [-0.2, 0) is 6.42 Å². The molecule has 0 spiro atoms. The number of pyridine rings is 1. The topological polar surface area (TPSA) is 77.0 Å². The van der Waals surface area contributed by atoms with Crippen LogP contribution in [0.5, 0.6) is 11.6 Å². The zero-order valence-electron chi connectivity index (χ0n) is 16.4. The number of anilines is 1. The molecule has 4 aromatic rings. The lowest BCUT2D eigenvalue weighted by Crippen LogP contribution is -2.11. The van der Waals surface area contributed by atoms with E-state index in [2.05, 4.69) is 20.3 Å². The Bertz CT molecular complexity index is 1160. The van der Waals surface area contributed by atoms with Gasteiger partial charge in [0.15, 0.2) is 0 Å². The molecule has 2 aromatic carbocycles. The first-order valence-electron chi connectivity index (χ1n) is 9.64. The number of rotatable bonds is 6. The van der Waals surface area contributed by atoms with Gasteiger partial charge in [-0.05, 0) is 48.5 Å². The highest BCUT2D eigenvalue weighted by molar-refractivity contribution is 6.04. The molecule has 30 heavy (non-hydrogen) atoms. The van der Waals surface area contributed by atoms with Gasteiger partial charge >= 0.3 is 0 Å². The van der Waals surface area contributed by atoms with Gasteiger partial charge in [0.05, 0.1) is 11.3 Å². The van der Waals surface area contributed by atoms with E-state index in [0.717, 1.165) is 29.2 Å². The highest BCUT2D eigenvalue weighted by Crippen LogP contribution is 2.30. The van der Waals surface area contributed by atoms with Crippen LogP contribution in [-0.4, -0.2) is 20.9 Å². The van der Waals surface area contributed by atoms with E-state index in [1.54, 1.807) is 36.7 Å². The smallest absolute Gasteiger partial charge is 0.255 e. The van der Waals surface area contributed by atoms with Crippen molar-refractivity contribution in [2.75, 3.05) is 5.32 Å². The van der Waals surface area contributed by atoms with E-state index in [1.165, 1.54) is 0 Å². The number of aromatic nitrogens is 3. The number of ether oxygens (including phenoxy) is 1. The third kappa shape index (κ3) is 4.50. The standard InChI is InChI=1S/C24H20N4O2/c1-2-22-25-15-13-21(28-22)20-12-7-14-26-24(20)30-19-11-6-8-17(16-19)23(29)27-18-9-4-3-5-10-18/h3-16H,2H2,1H3,(H,27,29). The summed E-state index contributed by atoms with van der Waals surface area (Å²) in [7, 11) is 0. The molecule has 6 heteroatoms. The first-order valence-corrected chi connectivity index (χ1v) is 9.64. The van der Waals surface area contributed by atoms with Crippen molar-refractivity contribution >= 4 is 11.6 Å². The summed E-state index contributed by atoms with van der Waals surface area (Å²) in [5.41, 5.74) is 2.72. The predicted molar refractivity (Wildman–Crippen MR) is 116 cm³/mol. The van der Waals surface area contributed by atoms with Crippen molar-refractivity contribution in [3.05, 3.63) is 96.6 Å². The van der Waals surface area contributed by atoms with E-state index < -0.39 is 0 Å². The van der Waals surface area contributed by atoms with Crippen molar-refractivity contribution in [2.24, 2.45) is 0 Å².